The Kier molecular flexibility index (Phi) is 6.03. The average molecular weight is 262 g/mol. The summed E-state index contributed by atoms with van der Waals surface area (Å²) in [5.74, 6) is 0.698. The zero-order valence-electron chi connectivity index (χ0n) is 12.7. The number of carbonyl (C=O) groups is 1. The first-order valence-corrected chi connectivity index (χ1v) is 6.94. The summed E-state index contributed by atoms with van der Waals surface area (Å²) in [6.07, 6.45) is 1.02. The minimum atomic E-state index is -0.168. The molecule has 0 spiro atoms. The second-order valence-corrected chi connectivity index (χ2v) is 5.71. The van der Waals surface area contributed by atoms with E-state index in [0.717, 1.165) is 6.42 Å². The van der Waals surface area contributed by atoms with Crippen LogP contribution >= 0.6 is 0 Å². The van der Waals surface area contributed by atoms with Gasteiger partial charge in [-0.2, -0.15) is 0 Å². The molecule has 0 aliphatic rings. The van der Waals surface area contributed by atoms with Crippen molar-refractivity contribution in [2.24, 2.45) is 5.92 Å². The van der Waals surface area contributed by atoms with Gasteiger partial charge >= 0.3 is 0 Å². The molecule has 3 heteroatoms. The minimum absolute atomic E-state index is 0.115. The summed E-state index contributed by atoms with van der Waals surface area (Å²) in [6, 6.07) is 10.4. The number of rotatable bonds is 6. The van der Waals surface area contributed by atoms with Gasteiger partial charge in [0.15, 0.2) is 0 Å². The molecule has 0 aromatic heterocycles. The van der Waals surface area contributed by atoms with E-state index in [-0.39, 0.29) is 18.0 Å². The van der Waals surface area contributed by atoms with Gasteiger partial charge in [-0.15, -0.1) is 0 Å². The molecule has 1 aromatic carbocycles. The van der Waals surface area contributed by atoms with Gasteiger partial charge in [0.1, 0.15) is 0 Å². The fourth-order valence-electron chi connectivity index (χ4n) is 2.22. The molecule has 0 radical (unpaired) electrons. The molecule has 0 bridgehead atoms. The Morgan fingerprint density at radius 3 is 2.21 bits per heavy atom. The van der Waals surface area contributed by atoms with Crippen LogP contribution in [0.5, 0.6) is 0 Å². The number of hydrogen-bond donors (Lipinski definition) is 1. The van der Waals surface area contributed by atoms with Gasteiger partial charge in [0, 0.05) is 20.1 Å². The zero-order valence-corrected chi connectivity index (χ0v) is 12.7. The Morgan fingerprint density at radius 1 is 1.16 bits per heavy atom. The molecule has 1 amide bonds. The lowest BCUT2D eigenvalue weighted by Gasteiger charge is -2.26. The van der Waals surface area contributed by atoms with Crippen LogP contribution in [0.25, 0.3) is 0 Å². The summed E-state index contributed by atoms with van der Waals surface area (Å²) in [6.45, 7) is 6.34. The summed E-state index contributed by atoms with van der Waals surface area (Å²) >= 11 is 0. The summed E-state index contributed by atoms with van der Waals surface area (Å²) in [4.78, 5) is 13.6. The molecule has 0 saturated carbocycles. The van der Waals surface area contributed by atoms with Crippen molar-refractivity contribution in [3.63, 3.8) is 0 Å². The molecule has 19 heavy (non-hydrogen) atoms. The molecule has 3 nitrogen and oxygen atoms in total. The van der Waals surface area contributed by atoms with E-state index >= 15 is 0 Å². The van der Waals surface area contributed by atoms with E-state index in [4.69, 9.17) is 0 Å². The predicted molar refractivity (Wildman–Crippen MR) is 79.9 cm³/mol. The fraction of sp³-hybridized carbons (Fsp3) is 0.562. The predicted octanol–water partition coefficient (Wildman–Crippen LogP) is 2.84. The Balaban J connectivity index is 2.79. The molecule has 0 aliphatic carbocycles. The maximum absolute atomic E-state index is 12.0. The number of hydrogen-bond acceptors (Lipinski definition) is 2. The van der Waals surface area contributed by atoms with Gasteiger partial charge in [0.2, 0.25) is 5.91 Å². The van der Waals surface area contributed by atoms with Crippen LogP contribution in [0.2, 0.25) is 0 Å². The molecule has 1 N–H and O–H groups in total. The first-order valence-electron chi connectivity index (χ1n) is 6.94. The molecule has 2 unspecified atom stereocenters. The second kappa shape index (κ2) is 7.29. The van der Waals surface area contributed by atoms with E-state index in [0.29, 0.717) is 5.92 Å². The first-order chi connectivity index (χ1) is 8.91. The quantitative estimate of drug-likeness (QED) is 0.855. The Hall–Kier alpha value is -1.35. The Bertz CT molecular complexity index is 387. The normalized spacial score (nSPS) is 14.2. The van der Waals surface area contributed by atoms with E-state index in [2.05, 4.69) is 31.3 Å². The molecule has 0 aliphatic heterocycles. The largest absolute Gasteiger partial charge is 0.347 e. The number of likely N-dealkylation sites (N-methyl/N-ethyl adjacent to an activating group) is 1. The van der Waals surface area contributed by atoms with Gasteiger partial charge in [-0.25, -0.2) is 0 Å². The Morgan fingerprint density at radius 2 is 1.74 bits per heavy atom. The van der Waals surface area contributed by atoms with Crippen LogP contribution < -0.4 is 5.32 Å². The van der Waals surface area contributed by atoms with Crippen LogP contribution in [0.1, 0.15) is 38.8 Å². The molecule has 0 heterocycles. The third-order valence-electron chi connectivity index (χ3n) is 3.17. The van der Waals surface area contributed by atoms with Crippen molar-refractivity contribution in [3.8, 4) is 0 Å². The molecular weight excluding hydrogens is 236 g/mol. The second-order valence-electron chi connectivity index (χ2n) is 5.71. The molecule has 2 atom stereocenters. The monoisotopic (exact) mass is 262 g/mol. The number of benzene rings is 1. The smallest absolute Gasteiger partial charge is 0.238 e. The third-order valence-corrected chi connectivity index (χ3v) is 3.17. The van der Waals surface area contributed by atoms with E-state index in [1.165, 1.54) is 5.56 Å². The summed E-state index contributed by atoms with van der Waals surface area (Å²) in [5.41, 5.74) is 1.25. The van der Waals surface area contributed by atoms with Crippen molar-refractivity contribution in [2.75, 3.05) is 14.1 Å². The Labute approximate surface area is 117 Å². The van der Waals surface area contributed by atoms with Crippen LogP contribution in [0.3, 0.4) is 0 Å². The molecule has 0 fully saturated rings. The lowest BCUT2D eigenvalue weighted by atomic mass is 9.96. The van der Waals surface area contributed by atoms with E-state index in [9.17, 15) is 4.79 Å². The van der Waals surface area contributed by atoms with Crippen LogP contribution in [0.4, 0.5) is 0 Å². The van der Waals surface area contributed by atoms with Crippen molar-refractivity contribution < 1.29 is 4.79 Å². The van der Waals surface area contributed by atoms with Gasteiger partial charge in [-0.3, -0.25) is 10.1 Å². The van der Waals surface area contributed by atoms with E-state index in [1.54, 1.807) is 19.0 Å². The van der Waals surface area contributed by atoms with Crippen LogP contribution in [-0.2, 0) is 4.79 Å². The molecule has 106 valence electrons. The summed E-state index contributed by atoms with van der Waals surface area (Å²) in [7, 11) is 3.58. The fourth-order valence-corrected chi connectivity index (χ4v) is 2.22. The van der Waals surface area contributed by atoms with Crippen molar-refractivity contribution in [3.05, 3.63) is 35.9 Å². The van der Waals surface area contributed by atoms with Crippen molar-refractivity contribution in [1.29, 1.82) is 0 Å². The number of nitrogens with zero attached hydrogens (tertiary/aromatic N) is 1. The van der Waals surface area contributed by atoms with Crippen LogP contribution in [0, 0.1) is 5.92 Å². The first kappa shape index (κ1) is 15.7. The number of amides is 1. The highest BCUT2D eigenvalue weighted by atomic mass is 16.2. The van der Waals surface area contributed by atoms with Crippen LogP contribution in [-0.4, -0.2) is 30.9 Å². The molecule has 1 aromatic rings. The molecular formula is C16H26N2O. The van der Waals surface area contributed by atoms with Gasteiger partial charge in [-0.1, -0.05) is 44.2 Å². The van der Waals surface area contributed by atoms with Gasteiger partial charge in [0.25, 0.3) is 0 Å². The maximum Gasteiger partial charge on any atom is 0.238 e. The lowest BCUT2D eigenvalue weighted by molar-refractivity contribution is -0.130. The number of carbonyl (C=O) groups excluding carboxylic acids is 1. The highest BCUT2D eigenvalue weighted by Gasteiger charge is 2.20. The third kappa shape index (κ3) is 5.03. The standard InChI is InChI=1S/C16H26N2O/c1-12(2)11-15(14-9-7-6-8-10-14)17-13(3)16(19)18(4)5/h6-10,12-13,15,17H,11H2,1-5H3. The molecule has 1 rings (SSSR count). The topological polar surface area (TPSA) is 32.3 Å². The lowest BCUT2D eigenvalue weighted by Crippen LogP contribution is -2.43. The van der Waals surface area contributed by atoms with Crippen molar-refractivity contribution in [1.82, 2.24) is 10.2 Å². The van der Waals surface area contributed by atoms with Crippen LogP contribution in [0.15, 0.2) is 30.3 Å². The van der Waals surface area contributed by atoms with E-state index < -0.39 is 0 Å². The zero-order chi connectivity index (χ0) is 14.4. The average Bonchev–Trinajstić information content (AvgIpc) is 2.37. The van der Waals surface area contributed by atoms with Gasteiger partial charge < -0.3 is 4.90 Å². The minimum Gasteiger partial charge on any atom is -0.347 e. The van der Waals surface area contributed by atoms with Crippen molar-refractivity contribution >= 4 is 5.91 Å². The number of nitrogens with one attached hydrogen (secondary N) is 1. The summed E-state index contributed by atoms with van der Waals surface area (Å²) in [5, 5.41) is 3.45. The molecule has 0 saturated heterocycles. The maximum atomic E-state index is 12.0. The van der Waals surface area contributed by atoms with Gasteiger partial charge in [0.05, 0.1) is 6.04 Å². The highest BCUT2D eigenvalue weighted by molar-refractivity contribution is 5.80. The van der Waals surface area contributed by atoms with E-state index in [1.807, 2.05) is 25.1 Å². The van der Waals surface area contributed by atoms with Crippen molar-refractivity contribution in [2.45, 2.75) is 39.3 Å². The SMILES string of the molecule is CC(C)CC(NC(C)C(=O)N(C)C)c1ccccc1. The van der Waals surface area contributed by atoms with Gasteiger partial charge in [-0.05, 0) is 24.8 Å². The summed E-state index contributed by atoms with van der Waals surface area (Å²) < 4.78 is 0. The highest BCUT2D eigenvalue weighted by Crippen LogP contribution is 2.21.